The van der Waals surface area contributed by atoms with Crippen LogP contribution in [0.3, 0.4) is 0 Å². The van der Waals surface area contributed by atoms with E-state index in [2.05, 4.69) is 18.8 Å². The first-order chi connectivity index (χ1) is 15.6. The Morgan fingerprint density at radius 3 is 2.39 bits per heavy atom. The number of guanidine groups is 1. The van der Waals surface area contributed by atoms with Crippen molar-refractivity contribution in [3.8, 4) is 16.9 Å². The molecule has 0 saturated carbocycles. The number of nitrogens with zero attached hydrogens (tertiary/aromatic N) is 2. The molecule has 0 bridgehead atoms. The van der Waals surface area contributed by atoms with Gasteiger partial charge in [-0.3, -0.25) is 9.69 Å². The number of halogens is 2. The van der Waals surface area contributed by atoms with Gasteiger partial charge in [0.25, 0.3) is 5.91 Å². The molecule has 176 valence electrons. The van der Waals surface area contributed by atoms with E-state index in [4.69, 9.17) is 26.8 Å². The number of rotatable bonds is 1. The number of carbonyl (C=O) groups is 1. The van der Waals surface area contributed by atoms with E-state index in [-0.39, 0.29) is 22.5 Å². The van der Waals surface area contributed by atoms with Crippen LogP contribution in [-0.4, -0.2) is 42.6 Å². The zero-order valence-electron chi connectivity index (χ0n) is 19.2. The van der Waals surface area contributed by atoms with Crippen LogP contribution in [0.1, 0.15) is 45.1 Å². The second kappa shape index (κ2) is 8.95. The second-order valence-electron chi connectivity index (χ2n) is 9.20. The van der Waals surface area contributed by atoms with Crippen molar-refractivity contribution < 1.29 is 18.7 Å². The normalized spacial score (nSPS) is 23.4. The van der Waals surface area contributed by atoms with Gasteiger partial charge in [-0.15, -0.1) is 0 Å². The van der Waals surface area contributed by atoms with Crippen molar-refractivity contribution in [3.05, 3.63) is 52.8 Å². The molecule has 3 aliphatic rings. The molecule has 2 aromatic rings. The Hall–Kier alpha value is -2.64. The third-order valence-corrected chi connectivity index (χ3v) is 6.66. The van der Waals surface area contributed by atoms with Gasteiger partial charge in [0.05, 0.1) is 17.2 Å². The maximum Gasteiger partial charge on any atom is 0.261 e. The van der Waals surface area contributed by atoms with Crippen LogP contribution in [0.15, 0.2) is 41.4 Å². The summed E-state index contributed by atoms with van der Waals surface area (Å²) in [6.45, 7) is 5.66. The Morgan fingerprint density at radius 1 is 1.09 bits per heavy atom. The van der Waals surface area contributed by atoms with Gasteiger partial charge in [0.2, 0.25) is 0 Å². The molecule has 1 fully saturated rings. The van der Waals surface area contributed by atoms with Gasteiger partial charge in [-0.1, -0.05) is 23.7 Å². The number of fused-ring (bicyclic) bond motifs is 2. The van der Waals surface area contributed by atoms with Crippen LogP contribution < -0.4 is 10.5 Å². The highest BCUT2D eigenvalue weighted by atomic mass is 35.5. The Bertz CT molecular complexity index is 1100. The van der Waals surface area contributed by atoms with Crippen molar-refractivity contribution in [3.63, 3.8) is 0 Å². The van der Waals surface area contributed by atoms with E-state index < -0.39 is 11.4 Å². The average molecular weight is 474 g/mol. The molecule has 2 aromatic carbocycles. The van der Waals surface area contributed by atoms with Gasteiger partial charge < -0.3 is 15.2 Å². The molecule has 1 atom stereocenters. The van der Waals surface area contributed by atoms with Crippen LogP contribution in [0.2, 0.25) is 5.02 Å². The fraction of sp³-hybridized carbons (Fsp3) is 0.440. The lowest BCUT2D eigenvalue weighted by atomic mass is 9.83. The van der Waals surface area contributed by atoms with Gasteiger partial charge in [0.15, 0.2) is 11.5 Å². The molecule has 2 N–H and O–H groups in total. The minimum Gasteiger partial charge on any atom is -0.493 e. The van der Waals surface area contributed by atoms with Crippen LogP contribution in [0.25, 0.3) is 11.1 Å². The quantitative estimate of drug-likeness (QED) is 0.640. The fourth-order valence-electron chi connectivity index (χ4n) is 4.39. The maximum absolute atomic E-state index is 13.4. The Morgan fingerprint density at radius 2 is 1.82 bits per heavy atom. The van der Waals surface area contributed by atoms with Crippen molar-refractivity contribution >= 4 is 23.5 Å². The topological polar surface area (TPSA) is 77.1 Å². The predicted molar refractivity (Wildman–Crippen MR) is 127 cm³/mol. The number of benzene rings is 2. The first kappa shape index (κ1) is 23.5. The smallest absolute Gasteiger partial charge is 0.261 e. The minimum absolute atomic E-state index is 0.0418. The summed E-state index contributed by atoms with van der Waals surface area (Å²) >= 11 is 5.89. The van der Waals surface area contributed by atoms with Gasteiger partial charge in [-0.05, 0) is 68.5 Å². The zero-order chi connectivity index (χ0) is 23.8. The van der Waals surface area contributed by atoms with Crippen molar-refractivity contribution in [2.45, 2.75) is 50.7 Å². The average Bonchev–Trinajstić information content (AvgIpc) is 3.00. The second-order valence-corrected chi connectivity index (χ2v) is 9.61. The number of ether oxygens (including phenoxy) is 2. The van der Waals surface area contributed by atoms with Crippen molar-refractivity contribution in [2.75, 3.05) is 20.3 Å². The van der Waals surface area contributed by atoms with Gasteiger partial charge in [-0.25, -0.2) is 9.38 Å². The molecule has 0 radical (unpaired) electrons. The number of hydrogen-bond acceptors (Lipinski definition) is 5. The number of likely N-dealkylation sites (N-methyl/N-ethyl adjacent to an activating group) is 1. The van der Waals surface area contributed by atoms with Gasteiger partial charge >= 0.3 is 0 Å². The third kappa shape index (κ3) is 4.57. The largest absolute Gasteiger partial charge is 0.493 e. The molecule has 1 amide bonds. The van der Waals surface area contributed by atoms with E-state index in [0.717, 1.165) is 17.7 Å². The van der Waals surface area contributed by atoms with Crippen molar-refractivity contribution in [1.29, 1.82) is 0 Å². The molecule has 8 heteroatoms. The molecule has 6 nitrogen and oxygen atoms in total. The summed E-state index contributed by atoms with van der Waals surface area (Å²) in [4.78, 5) is 18.6. The van der Waals surface area contributed by atoms with Gasteiger partial charge in [0.1, 0.15) is 11.6 Å². The lowest BCUT2D eigenvalue weighted by Gasteiger charge is -2.32. The van der Waals surface area contributed by atoms with E-state index in [1.165, 1.54) is 30.2 Å². The van der Waals surface area contributed by atoms with E-state index in [1.54, 1.807) is 25.2 Å². The Balaban J connectivity index is 0.000000275. The summed E-state index contributed by atoms with van der Waals surface area (Å²) in [7, 11) is 1.61. The summed E-state index contributed by atoms with van der Waals surface area (Å²) in [5.74, 6) is 0.133. The lowest BCUT2D eigenvalue weighted by molar-refractivity contribution is -0.131. The predicted octanol–water partition coefficient (Wildman–Crippen LogP) is 4.88. The van der Waals surface area contributed by atoms with Crippen molar-refractivity contribution in [1.82, 2.24) is 4.90 Å². The third-order valence-electron chi connectivity index (χ3n) is 6.37. The molecular weight excluding hydrogens is 445 g/mol. The highest BCUT2D eigenvalue weighted by Gasteiger charge is 2.51. The summed E-state index contributed by atoms with van der Waals surface area (Å²) in [5.41, 5.74) is 7.18. The molecular formula is C25H29ClFN3O3. The summed E-state index contributed by atoms with van der Waals surface area (Å²) in [6, 6.07) is 9.98. The summed E-state index contributed by atoms with van der Waals surface area (Å²) < 4.78 is 24.6. The molecule has 0 aliphatic carbocycles. The van der Waals surface area contributed by atoms with Crippen LogP contribution in [0.5, 0.6) is 5.75 Å². The summed E-state index contributed by atoms with van der Waals surface area (Å²) in [5, 5.41) is 0.0418. The molecule has 3 aliphatic heterocycles. The zero-order valence-corrected chi connectivity index (χ0v) is 19.9. The number of hydrogen-bond donors (Lipinski definition) is 1. The molecule has 3 heterocycles. The molecule has 1 spiro atoms. The number of carbonyl (C=O) groups excluding carboxylic acids is 1. The highest BCUT2D eigenvalue weighted by Crippen LogP contribution is 2.45. The highest BCUT2D eigenvalue weighted by molar-refractivity contribution is 6.31. The van der Waals surface area contributed by atoms with E-state index in [9.17, 15) is 9.18 Å². The standard InChI is InChI=1S/C18H15ClFN3O2.C7H14O/c1-23-16(24)18(22-17(23)21)6-7-25-15-5-3-10(8-12(15)18)11-2-4-14(20)13(19)9-11;1-7(2)5-3-4-6-8-7/h2-5,8-9H,6-7H2,1H3,(H2,21,22);3-6H2,1-2H3/t18-;/m0./s1. The van der Waals surface area contributed by atoms with E-state index in [0.29, 0.717) is 24.3 Å². The van der Waals surface area contributed by atoms with E-state index in [1.807, 2.05) is 12.1 Å². The van der Waals surface area contributed by atoms with Crippen LogP contribution in [0, 0.1) is 5.82 Å². The molecule has 33 heavy (non-hydrogen) atoms. The van der Waals surface area contributed by atoms with Crippen molar-refractivity contribution in [2.24, 2.45) is 10.7 Å². The Kier molecular flexibility index (Phi) is 6.38. The number of nitrogens with two attached hydrogens (primary N) is 1. The van der Waals surface area contributed by atoms with Crippen LogP contribution >= 0.6 is 11.6 Å². The minimum atomic E-state index is -1.06. The SMILES string of the molecule is CC1(C)CCCCO1.CN1C(=O)[C@@]2(CCOc3ccc(-c4ccc(F)c(Cl)c4)cc32)N=C1N. The number of amides is 1. The summed E-state index contributed by atoms with van der Waals surface area (Å²) in [6.07, 6.45) is 4.24. The van der Waals surface area contributed by atoms with E-state index >= 15 is 0 Å². The fourth-order valence-corrected chi connectivity index (χ4v) is 4.57. The number of aliphatic imine (C=N–C) groups is 1. The molecule has 5 rings (SSSR count). The first-order valence-electron chi connectivity index (χ1n) is 11.1. The monoisotopic (exact) mass is 473 g/mol. The molecule has 0 aromatic heterocycles. The maximum atomic E-state index is 13.4. The van der Waals surface area contributed by atoms with Crippen LogP contribution in [-0.2, 0) is 15.1 Å². The Labute approximate surface area is 198 Å². The molecule has 0 unspecified atom stereocenters. The van der Waals surface area contributed by atoms with Gasteiger partial charge in [-0.2, -0.15) is 0 Å². The van der Waals surface area contributed by atoms with Crippen LogP contribution in [0.4, 0.5) is 4.39 Å². The molecule has 1 saturated heterocycles. The lowest BCUT2D eigenvalue weighted by Crippen LogP contribution is -2.42. The first-order valence-corrected chi connectivity index (χ1v) is 11.5. The van der Waals surface area contributed by atoms with Gasteiger partial charge in [0, 0.05) is 25.6 Å².